The van der Waals surface area contributed by atoms with Crippen LogP contribution in [0.3, 0.4) is 0 Å². The van der Waals surface area contributed by atoms with Crippen LogP contribution in [0.4, 0.5) is 0 Å². The lowest BCUT2D eigenvalue weighted by Crippen LogP contribution is -2.25. The lowest BCUT2D eigenvalue weighted by Gasteiger charge is -2.11. The third-order valence-corrected chi connectivity index (χ3v) is 3.67. The molecule has 0 spiro atoms. The van der Waals surface area contributed by atoms with Gasteiger partial charge < -0.3 is 14.6 Å². The zero-order valence-electron chi connectivity index (χ0n) is 16.0. The minimum Gasteiger partial charge on any atom is -0.468 e. The number of Topliss-reactive ketones (excluding diaryl/α,β-unsaturated/α-hetero) is 1. The Morgan fingerprint density at radius 2 is 1.67 bits per heavy atom. The van der Waals surface area contributed by atoms with Gasteiger partial charge in [-0.2, -0.15) is 5.26 Å². The second-order valence-corrected chi connectivity index (χ2v) is 5.73. The number of carbonyl (C=O) groups excluding carboxylic acids is 3. The van der Waals surface area contributed by atoms with Crippen LogP contribution in [0.5, 0.6) is 0 Å². The molecule has 2 unspecified atom stereocenters. The number of methoxy groups -OCH3 is 2. The van der Waals surface area contributed by atoms with Crippen LogP contribution in [0.15, 0.2) is 36.4 Å². The molecule has 27 heavy (non-hydrogen) atoms. The Morgan fingerprint density at radius 3 is 2.00 bits per heavy atom. The van der Waals surface area contributed by atoms with Gasteiger partial charge in [0.2, 0.25) is 0 Å². The number of ether oxygens (including phenoxy) is 2. The molecule has 1 aromatic carbocycles. The molecule has 1 rings (SSSR count). The fraction of sp³-hybridized carbons (Fsp3) is 0.400. The summed E-state index contributed by atoms with van der Waals surface area (Å²) in [7, 11) is 2.52. The van der Waals surface area contributed by atoms with Crippen LogP contribution in [0.1, 0.15) is 25.0 Å². The molecule has 0 heterocycles. The number of nitriles is 1. The van der Waals surface area contributed by atoms with Crippen molar-refractivity contribution in [3.63, 3.8) is 0 Å². The van der Waals surface area contributed by atoms with E-state index < -0.39 is 24.0 Å². The largest absolute Gasteiger partial charge is 0.468 e. The number of rotatable bonds is 7. The molecule has 1 N–H and O–H groups in total. The number of benzene rings is 1. The zero-order chi connectivity index (χ0) is 21.0. The average molecular weight is 375 g/mol. The van der Waals surface area contributed by atoms with Gasteiger partial charge in [0.15, 0.2) is 0 Å². The first-order valence-electron chi connectivity index (χ1n) is 8.16. The van der Waals surface area contributed by atoms with Gasteiger partial charge in [0, 0.05) is 0 Å². The molecule has 0 aliphatic carbocycles. The summed E-state index contributed by atoms with van der Waals surface area (Å²) in [5, 5.41) is 17.3. The smallest absolute Gasteiger partial charge is 0.335 e. The van der Waals surface area contributed by atoms with Gasteiger partial charge in [-0.25, -0.2) is 4.79 Å². The summed E-state index contributed by atoms with van der Waals surface area (Å²) >= 11 is 0. The van der Waals surface area contributed by atoms with Crippen LogP contribution >= 0.6 is 0 Å². The standard InChI is InChI=1S/C14H15NO3.C6H10O3/c1-10(16)13(14(17)18-2)9-12-5-3-11(4-6-12)7-8-15;1-4(5(2)7)6(8)9-3/h3-6,13H,7,9H2,1-2H3;5,7H,1H2,2-3H3. The Hall–Kier alpha value is -2.98. The molecule has 0 saturated carbocycles. The normalized spacial score (nSPS) is 11.7. The van der Waals surface area contributed by atoms with Crippen LogP contribution in [0.25, 0.3) is 0 Å². The zero-order valence-corrected chi connectivity index (χ0v) is 16.0. The summed E-state index contributed by atoms with van der Waals surface area (Å²) in [6.07, 6.45) is -0.139. The summed E-state index contributed by atoms with van der Waals surface area (Å²) in [6.45, 7) is 6.14. The van der Waals surface area contributed by atoms with Gasteiger partial charge in [-0.05, 0) is 31.4 Å². The number of nitrogens with zero attached hydrogens (tertiary/aromatic N) is 1. The second kappa shape index (κ2) is 12.4. The van der Waals surface area contributed by atoms with E-state index in [1.165, 1.54) is 28.1 Å². The summed E-state index contributed by atoms with van der Waals surface area (Å²) < 4.78 is 8.88. The van der Waals surface area contributed by atoms with E-state index in [0.29, 0.717) is 12.8 Å². The van der Waals surface area contributed by atoms with Crippen molar-refractivity contribution in [2.75, 3.05) is 14.2 Å². The quantitative estimate of drug-likeness (QED) is 0.439. The fourth-order valence-corrected chi connectivity index (χ4v) is 1.96. The highest BCUT2D eigenvalue weighted by atomic mass is 16.5. The van der Waals surface area contributed by atoms with Gasteiger partial charge >= 0.3 is 11.9 Å². The summed E-state index contributed by atoms with van der Waals surface area (Å²) in [5.41, 5.74) is 1.87. The molecule has 1 aromatic rings. The van der Waals surface area contributed by atoms with E-state index in [1.807, 2.05) is 24.3 Å². The van der Waals surface area contributed by atoms with Crippen molar-refractivity contribution in [3.05, 3.63) is 47.5 Å². The van der Waals surface area contributed by atoms with Crippen molar-refractivity contribution in [2.45, 2.75) is 32.8 Å². The lowest BCUT2D eigenvalue weighted by atomic mass is 9.95. The first kappa shape index (κ1) is 24.0. The molecule has 0 amide bonds. The van der Waals surface area contributed by atoms with Gasteiger partial charge in [0.05, 0.1) is 38.4 Å². The third kappa shape index (κ3) is 8.79. The Labute approximate surface area is 159 Å². The number of aliphatic hydroxyl groups excluding tert-OH is 1. The van der Waals surface area contributed by atoms with Crippen molar-refractivity contribution >= 4 is 17.7 Å². The molecule has 0 aromatic heterocycles. The van der Waals surface area contributed by atoms with Gasteiger partial charge in [0.1, 0.15) is 11.7 Å². The number of hydrogen-bond acceptors (Lipinski definition) is 7. The third-order valence-electron chi connectivity index (χ3n) is 3.67. The average Bonchev–Trinajstić information content (AvgIpc) is 2.65. The summed E-state index contributed by atoms with van der Waals surface area (Å²) in [4.78, 5) is 33.3. The molecule has 0 aliphatic heterocycles. The SMILES string of the molecule is C=C(C(=O)OC)C(C)O.COC(=O)C(Cc1ccc(CC#N)cc1)C(C)=O. The minimum atomic E-state index is -0.822. The molecule has 0 aliphatic rings. The Balaban J connectivity index is 0.000000636. The highest BCUT2D eigenvalue weighted by molar-refractivity contribution is 5.97. The van der Waals surface area contributed by atoms with Crippen molar-refractivity contribution < 1.29 is 29.0 Å². The predicted octanol–water partition coefficient (Wildman–Crippen LogP) is 1.77. The van der Waals surface area contributed by atoms with Crippen molar-refractivity contribution in [1.82, 2.24) is 0 Å². The van der Waals surface area contributed by atoms with Crippen LogP contribution in [0.2, 0.25) is 0 Å². The van der Waals surface area contributed by atoms with Gasteiger partial charge in [0.25, 0.3) is 0 Å². The van der Waals surface area contributed by atoms with E-state index >= 15 is 0 Å². The van der Waals surface area contributed by atoms with E-state index in [9.17, 15) is 14.4 Å². The van der Waals surface area contributed by atoms with Crippen LogP contribution in [-0.2, 0) is 36.7 Å². The number of hydrogen-bond donors (Lipinski definition) is 1. The fourth-order valence-electron chi connectivity index (χ4n) is 1.96. The molecular weight excluding hydrogens is 350 g/mol. The topological polar surface area (TPSA) is 114 Å². The van der Waals surface area contributed by atoms with Gasteiger partial charge in [-0.15, -0.1) is 0 Å². The molecule has 7 nitrogen and oxygen atoms in total. The molecule has 0 fully saturated rings. The van der Waals surface area contributed by atoms with Crippen molar-refractivity contribution in [1.29, 1.82) is 5.26 Å². The van der Waals surface area contributed by atoms with Crippen LogP contribution in [0, 0.1) is 17.2 Å². The second-order valence-electron chi connectivity index (χ2n) is 5.73. The summed E-state index contributed by atoms with van der Waals surface area (Å²) in [5.74, 6) is -2.03. The molecule has 146 valence electrons. The van der Waals surface area contributed by atoms with E-state index in [1.54, 1.807) is 0 Å². The minimum absolute atomic E-state index is 0.0810. The molecule has 0 radical (unpaired) electrons. The van der Waals surface area contributed by atoms with E-state index in [0.717, 1.165) is 11.1 Å². The number of aliphatic hydroxyl groups is 1. The van der Waals surface area contributed by atoms with Crippen LogP contribution in [-0.4, -0.2) is 43.2 Å². The summed E-state index contributed by atoms with van der Waals surface area (Å²) in [6, 6.07) is 9.36. The number of carbonyl (C=O) groups is 3. The van der Waals surface area contributed by atoms with Gasteiger partial charge in [-0.1, -0.05) is 30.8 Å². The van der Waals surface area contributed by atoms with Gasteiger partial charge in [-0.3, -0.25) is 9.59 Å². The maximum Gasteiger partial charge on any atom is 0.335 e. The number of ketones is 1. The van der Waals surface area contributed by atoms with Crippen molar-refractivity contribution in [2.24, 2.45) is 5.92 Å². The monoisotopic (exact) mass is 375 g/mol. The molecule has 7 heteroatoms. The predicted molar refractivity (Wildman–Crippen MR) is 98.5 cm³/mol. The maximum absolute atomic E-state index is 11.4. The first-order chi connectivity index (χ1) is 12.7. The van der Waals surface area contributed by atoms with Crippen LogP contribution < -0.4 is 0 Å². The number of esters is 2. The highest BCUT2D eigenvalue weighted by Gasteiger charge is 2.24. The van der Waals surface area contributed by atoms with E-state index in [-0.39, 0.29) is 11.4 Å². The molecule has 0 bridgehead atoms. The maximum atomic E-state index is 11.4. The lowest BCUT2D eigenvalue weighted by molar-refractivity contribution is -0.148. The molecule has 2 atom stereocenters. The first-order valence-corrected chi connectivity index (χ1v) is 8.16. The highest BCUT2D eigenvalue weighted by Crippen LogP contribution is 2.13. The van der Waals surface area contributed by atoms with E-state index in [2.05, 4.69) is 22.1 Å². The Morgan fingerprint density at radius 1 is 1.15 bits per heavy atom. The molecule has 0 saturated heterocycles. The molecular formula is C20H25NO6. The Kier molecular flexibility index (Phi) is 11.0. The Bertz CT molecular complexity index is 700. The van der Waals surface area contributed by atoms with Crippen molar-refractivity contribution in [3.8, 4) is 6.07 Å². The van der Waals surface area contributed by atoms with E-state index in [4.69, 9.17) is 10.4 Å².